The first-order chi connectivity index (χ1) is 12.8. The van der Waals surface area contributed by atoms with E-state index in [0.29, 0.717) is 29.0 Å². The number of nitrogens with zero attached hydrogens (tertiary/aromatic N) is 2. The van der Waals surface area contributed by atoms with Crippen molar-refractivity contribution >= 4 is 81.7 Å². The summed E-state index contributed by atoms with van der Waals surface area (Å²) in [6.45, 7) is 1.79. The fraction of sp³-hybridized carbons (Fsp3) is 0.118. The molecule has 0 unspecified atom stereocenters. The lowest BCUT2D eigenvalue weighted by molar-refractivity contribution is -0.115. The molecular weight excluding hydrogens is 465 g/mol. The van der Waals surface area contributed by atoms with Gasteiger partial charge in [0.15, 0.2) is 8.29 Å². The molecule has 1 amide bonds. The van der Waals surface area contributed by atoms with Gasteiger partial charge in [-0.05, 0) is 61.6 Å². The van der Waals surface area contributed by atoms with Crippen molar-refractivity contribution in [3.8, 4) is 5.69 Å². The number of aromatic nitrogens is 2. The van der Waals surface area contributed by atoms with Gasteiger partial charge in [0.2, 0.25) is 5.91 Å². The highest BCUT2D eigenvalue weighted by Gasteiger charge is 2.18. The SMILES string of the molecule is C[C@H](Sc1nn(-c2ccc(Cl)cc2)c(=S)s1)C(=O)Nc1cc(Cl)cc(Cl)c1. The molecule has 140 valence electrons. The summed E-state index contributed by atoms with van der Waals surface area (Å²) in [5.74, 6) is -0.183. The molecule has 0 aliphatic rings. The van der Waals surface area contributed by atoms with E-state index < -0.39 is 0 Å². The summed E-state index contributed by atoms with van der Waals surface area (Å²) < 4.78 is 2.94. The van der Waals surface area contributed by atoms with Crippen LogP contribution in [0, 0.1) is 3.95 Å². The van der Waals surface area contributed by atoms with Crippen molar-refractivity contribution < 1.29 is 4.79 Å². The molecule has 27 heavy (non-hydrogen) atoms. The van der Waals surface area contributed by atoms with Crippen molar-refractivity contribution in [1.29, 1.82) is 0 Å². The van der Waals surface area contributed by atoms with E-state index in [1.165, 1.54) is 23.1 Å². The normalized spacial score (nSPS) is 12.0. The van der Waals surface area contributed by atoms with Gasteiger partial charge in [0.1, 0.15) is 0 Å². The Hall–Kier alpha value is -1.09. The van der Waals surface area contributed by atoms with Gasteiger partial charge in [-0.3, -0.25) is 4.79 Å². The number of thioether (sulfide) groups is 1. The van der Waals surface area contributed by atoms with E-state index in [1.807, 2.05) is 12.1 Å². The van der Waals surface area contributed by atoms with Gasteiger partial charge in [-0.15, -0.1) is 5.10 Å². The maximum Gasteiger partial charge on any atom is 0.237 e. The second-order valence-electron chi connectivity index (χ2n) is 5.43. The Bertz CT molecular complexity index is 1010. The van der Waals surface area contributed by atoms with Crippen LogP contribution in [0.4, 0.5) is 5.69 Å². The second-order valence-corrected chi connectivity index (χ2v) is 9.95. The first-order valence-corrected chi connectivity index (χ1v) is 10.9. The van der Waals surface area contributed by atoms with Gasteiger partial charge in [0.25, 0.3) is 0 Å². The Balaban J connectivity index is 1.71. The van der Waals surface area contributed by atoms with Gasteiger partial charge in [0, 0.05) is 20.8 Å². The molecular formula is C17H12Cl3N3OS3. The average Bonchev–Trinajstić information content (AvgIpc) is 2.94. The third-order valence-corrected chi connectivity index (χ3v) is 6.48. The topological polar surface area (TPSA) is 46.9 Å². The first kappa shape index (κ1) is 20.6. The molecule has 4 nitrogen and oxygen atoms in total. The molecule has 0 spiro atoms. The fourth-order valence-electron chi connectivity index (χ4n) is 2.13. The van der Waals surface area contributed by atoms with Crippen molar-refractivity contribution in [2.24, 2.45) is 0 Å². The van der Waals surface area contributed by atoms with E-state index in [1.54, 1.807) is 41.9 Å². The minimum atomic E-state index is -0.387. The van der Waals surface area contributed by atoms with Crippen LogP contribution in [0.2, 0.25) is 15.1 Å². The Morgan fingerprint density at radius 3 is 2.41 bits per heavy atom. The van der Waals surface area contributed by atoms with Crippen LogP contribution in [0.5, 0.6) is 0 Å². The van der Waals surface area contributed by atoms with Gasteiger partial charge >= 0.3 is 0 Å². The van der Waals surface area contributed by atoms with Crippen LogP contribution in [0.3, 0.4) is 0 Å². The van der Waals surface area contributed by atoms with E-state index in [9.17, 15) is 4.79 Å². The lowest BCUT2D eigenvalue weighted by atomic mass is 10.3. The molecule has 0 saturated heterocycles. The summed E-state index contributed by atoms with van der Waals surface area (Å²) in [4.78, 5) is 12.4. The lowest BCUT2D eigenvalue weighted by Crippen LogP contribution is -2.22. The van der Waals surface area contributed by atoms with Crippen molar-refractivity contribution in [2.45, 2.75) is 16.5 Å². The van der Waals surface area contributed by atoms with Crippen LogP contribution in [-0.2, 0) is 4.79 Å². The highest BCUT2D eigenvalue weighted by Crippen LogP contribution is 2.29. The van der Waals surface area contributed by atoms with E-state index in [2.05, 4.69) is 10.4 Å². The predicted octanol–water partition coefficient (Wildman–Crippen LogP) is 6.74. The van der Waals surface area contributed by atoms with Gasteiger partial charge in [-0.1, -0.05) is 57.9 Å². The summed E-state index contributed by atoms with van der Waals surface area (Å²) in [6, 6.07) is 12.1. The number of carbonyl (C=O) groups is 1. The Morgan fingerprint density at radius 1 is 1.15 bits per heavy atom. The molecule has 0 fully saturated rings. The van der Waals surface area contributed by atoms with Crippen LogP contribution in [0.15, 0.2) is 46.8 Å². The molecule has 3 rings (SSSR count). The summed E-state index contributed by atoms with van der Waals surface area (Å²) in [5.41, 5.74) is 1.36. The molecule has 1 heterocycles. The summed E-state index contributed by atoms with van der Waals surface area (Å²) in [6.07, 6.45) is 0. The number of hydrogen-bond acceptors (Lipinski definition) is 5. The summed E-state index contributed by atoms with van der Waals surface area (Å²) in [7, 11) is 0. The number of nitrogens with one attached hydrogen (secondary N) is 1. The van der Waals surface area contributed by atoms with Crippen molar-refractivity contribution in [3.63, 3.8) is 0 Å². The highest BCUT2D eigenvalue weighted by molar-refractivity contribution is 8.02. The quantitative estimate of drug-likeness (QED) is 0.327. The maximum absolute atomic E-state index is 12.4. The average molecular weight is 477 g/mol. The summed E-state index contributed by atoms with van der Waals surface area (Å²) in [5, 5.41) is 8.47. The molecule has 0 bridgehead atoms. The largest absolute Gasteiger partial charge is 0.325 e. The Kier molecular flexibility index (Phi) is 6.83. The lowest BCUT2D eigenvalue weighted by Gasteiger charge is -2.11. The standard InChI is InChI=1S/C17H12Cl3N3OS3/c1-9(15(24)21-13-7-11(19)6-12(20)8-13)26-16-22-23(17(25)27-16)14-4-2-10(18)3-5-14/h2-9H,1H3,(H,21,24)/t9-/m0/s1. The van der Waals surface area contributed by atoms with Gasteiger partial charge in [0.05, 0.1) is 10.9 Å². The molecule has 0 saturated carbocycles. The minimum Gasteiger partial charge on any atom is -0.325 e. The third kappa shape index (κ3) is 5.47. The first-order valence-electron chi connectivity index (χ1n) is 7.61. The number of hydrogen-bond donors (Lipinski definition) is 1. The van der Waals surface area contributed by atoms with Gasteiger partial charge < -0.3 is 5.32 Å². The molecule has 3 aromatic rings. The molecule has 1 atom stereocenters. The smallest absolute Gasteiger partial charge is 0.237 e. The van der Waals surface area contributed by atoms with Gasteiger partial charge in [-0.25, -0.2) is 4.68 Å². The van der Waals surface area contributed by atoms with Crippen LogP contribution in [0.25, 0.3) is 5.69 Å². The molecule has 1 aromatic heterocycles. The number of amides is 1. The van der Waals surface area contributed by atoms with E-state index in [0.717, 1.165) is 5.69 Å². The van der Waals surface area contributed by atoms with Crippen molar-refractivity contribution in [2.75, 3.05) is 5.32 Å². The van der Waals surface area contributed by atoms with Crippen molar-refractivity contribution in [3.05, 3.63) is 61.5 Å². The van der Waals surface area contributed by atoms with E-state index >= 15 is 0 Å². The number of carbonyl (C=O) groups excluding carboxylic acids is 1. The third-order valence-electron chi connectivity index (χ3n) is 3.38. The second kappa shape index (κ2) is 8.94. The number of anilines is 1. The monoisotopic (exact) mass is 475 g/mol. The zero-order valence-corrected chi connectivity index (χ0v) is 18.5. The van der Waals surface area contributed by atoms with Gasteiger partial charge in [-0.2, -0.15) is 0 Å². The van der Waals surface area contributed by atoms with E-state index in [-0.39, 0.29) is 11.2 Å². The zero-order valence-electron chi connectivity index (χ0n) is 13.8. The van der Waals surface area contributed by atoms with Crippen molar-refractivity contribution in [1.82, 2.24) is 9.78 Å². The van der Waals surface area contributed by atoms with Crippen LogP contribution in [-0.4, -0.2) is 20.9 Å². The highest BCUT2D eigenvalue weighted by atomic mass is 35.5. The predicted molar refractivity (Wildman–Crippen MR) is 118 cm³/mol. The Labute approximate surface area is 184 Å². The molecule has 0 aliphatic heterocycles. The number of benzene rings is 2. The molecule has 1 N–H and O–H groups in total. The van der Waals surface area contributed by atoms with Crippen LogP contribution >= 0.6 is 70.1 Å². The van der Waals surface area contributed by atoms with Crippen LogP contribution in [0.1, 0.15) is 6.92 Å². The maximum atomic E-state index is 12.4. The zero-order chi connectivity index (χ0) is 19.6. The molecule has 2 aromatic carbocycles. The molecule has 0 radical (unpaired) electrons. The number of rotatable bonds is 5. The van der Waals surface area contributed by atoms with Crippen LogP contribution < -0.4 is 5.32 Å². The molecule has 10 heteroatoms. The Morgan fingerprint density at radius 2 is 1.78 bits per heavy atom. The summed E-state index contributed by atoms with van der Waals surface area (Å²) >= 11 is 25.9. The minimum absolute atomic E-state index is 0.183. The molecule has 0 aliphatic carbocycles. The van der Waals surface area contributed by atoms with E-state index in [4.69, 9.17) is 47.0 Å². The fourth-order valence-corrected chi connectivity index (χ4v) is 5.29. The number of halogens is 3.